The van der Waals surface area contributed by atoms with Crippen molar-refractivity contribution in [3.63, 3.8) is 0 Å². The molecule has 4 aromatic rings. The van der Waals surface area contributed by atoms with E-state index in [1.807, 2.05) is 0 Å². The molecule has 17 nitrogen and oxygen atoms in total. The molecular formula is C37H38N8O9S. The number of nitrogens with zero attached hydrogens (tertiary/aromatic N) is 5. The highest BCUT2D eigenvalue weighted by Crippen LogP contribution is 2.32. The Morgan fingerprint density at radius 3 is 2.45 bits per heavy atom. The molecule has 2 aromatic heterocycles. The molecule has 18 heteroatoms. The lowest BCUT2D eigenvalue weighted by molar-refractivity contribution is -0.136. The number of sulfone groups is 1. The van der Waals surface area contributed by atoms with Crippen LogP contribution in [0, 0.1) is 11.8 Å². The van der Waals surface area contributed by atoms with Crippen LogP contribution in [0.1, 0.15) is 71.2 Å². The lowest BCUT2D eigenvalue weighted by Gasteiger charge is -2.27. The molecule has 1 saturated heterocycles. The summed E-state index contributed by atoms with van der Waals surface area (Å²) in [7, 11) is -1.10. The third kappa shape index (κ3) is 7.82. The number of anilines is 2. The summed E-state index contributed by atoms with van der Waals surface area (Å²) in [6, 6.07) is 10.7. The predicted octanol–water partition coefficient (Wildman–Crippen LogP) is 1.29. The molecule has 3 N–H and O–H groups in total. The summed E-state index contributed by atoms with van der Waals surface area (Å²) in [5.74, 6) is 3.40. The van der Waals surface area contributed by atoms with Crippen LogP contribution < -0.4 is 27.2 Å². The summed E-state index contributed by atoms with van der Waals surface area (Å²) >= 11 is 0. The Morgan fingerprint density at radius 1 is 0.964 bits per heavy atom. The summed E-state index contributed by atoms with van der Waals surface area (Å²) in [5.41, 5.74) is 0.485. The first-order valence-electron chi connectivity index (χ1n) is 17.5. The van der Waals surface area contributed by atoms with E-state index < -0.39 is 50.8 Å². The minimum absolute atomic E-state index is 0.0428. The van der Waals surface area contributed by atoms with Gasteiger partial charge in [-0.2, -0.15) is 4.98 Å². The van der Waals surface area contributed by atoms with Gasteiger partial charge >= 0.3 is 5.69 Å². The van der Waals surface area contributed by atoms with Crippen LogP contribution in [-0.4, -0.2) is 80.4 Å². The molecule has 0 bridgehead atoms. The third-order valence-corrected chi connectivity index (χ3v) is 10.4. The Balaban J connectivity index is 0.973. The fourth-order valence-electron chi connectivity index (χ4n) is 6.65. The number of rotatable bonds is 12. The van der Waals surface area contributed by atoms with Gasteiger partial charge in [0.05, 0.1) is 17.7 Å². The number of aromatic nitrogens is 4. The van der Waals surface area contributed by atoms with E-state index in [4.69, 9.17) is 0 Å². The Labute approximate surface area is 314 Å². The van der Waals surface area contributed by atoms with Crippen LogP contribution in [0.15, 0.2) is 57.2 Å². The van der Waals surface area contributed by atoms with Gasteiger partial charge in [-0.1, -0.05) is 36.8 Å². The number of nitrogens with one attached hydrogen (secondary N) is 3. The number of carbonyl (C=O) groups excluding carboxylic acids is 5. The summed E-state index contributed by atoms with van der Waals surface area (Å²) in [5, 5.41) is 7.93. The van der Waals surface area contributed by atoms with Crippen LogP contribution in [-0.2, 0) is 44.9 Å². The van der Waals surface area contributed by atoms with Crippen molar-refractivity contribution in [1.29, 1.82) is 0 Å². The lowest BCUT2D eigenvalue weighted by Crippen LogP contribution is -2.54. The smallest absolute Gasteiger partial charge is 0.333 e. The average Bonchev–Trinajstić information content (AvgIpc) is 3.62. The van der Waals surface area contributed by atoms with Gasteiger partial charge in [-0.15, -0.1) is 0 Å². The van der Waals surface area contributed by atoms with Crippen molar-refractivity contribution in [3.8, 4) is 11.8 Å². The maximum Gasteiger partial charge on any atom is 0.333 e. The summed E-state index contributed by atoms with van der Waals surface area (Å²) < 4.78 is 27.6. The van der Waals surface area contributed by atoms with Gasteiger partial charge in [-0.05, 0) is 49.6 Å². The molecule has 0 aliphatic carbocycles. The number of hydrogen-bond donors (Lipinski definition) is 3. The molecule has 0 saturated carbocycles. The number of carbonyl (C=O) groups is 5. The molecule has 55 heavy (non-hydrogen) atoms. The first-order valence-corrected chi connectivity index (χ1v) is 19.4. The van der Waals surface area contributed by atoms with Gasteiger partial charge in [0.25, 0.3) is 17.4 Å². The molecule has 2 aliphatic heterocycles. The molecule has 6 rings (SSSR count). The highest BCUT2D eigenvalue weighted by molar-refractivity contribution is 7.90. The van der Waals surface area contributed by atoms with Crippen molar-refractivity contribution in [2.24, 2.45) is 14.1 Å². The van der Waals surface area contributed by atoms with Gasteiger partial charge in [0.15, 0.2) is 11.2 Å². The Kier molecular flexibility index (Phi) is 10.9. The predicted molar refractivity (Wildman–Crippen MR) is 200 cm³/mol. The number of hydrogen-bond acceptors (Lipinski definition) is 11. The highest BCUT2D eigenvalue weighted by Gasteiger charge is 2.45. The van der Waals surface area contributed by atoms with Gasteiger partial charge in [0.2, 0.25) is 32.7 Å². The van der Waals surface area contributed by atoms with E-state index in [2.05, 4.69) is 32.8 Å². The molecule has 1 fully saturated rings. The molecular weight excluding hydrogens is 733 g/mol. The van der Waals surface area contributed by atoms with Crippen LogP contribution in [0.5, 0.6) is 0 Å². The molecule has 0 spiro atoms. The number of fused-ring (bicyclic) bond motifs is 2. The van der Waals surface area contributed by atoms with Crippen LogP contribution in [0.3, 0.4) is 0 Å². The second-order valence-corrected chi connectivity index (χ2v) is 15.2. The number of imide groups is 2. The zero-order valence-electron chi connectivity index (χ0n) is 30.3. The molecule has 286 valence electrons. The van der Waals surface area contributed by atoms with Crippen LogP contribution in [0.4, 0.5) is 11.4 Å². The lowest BCUT2D eigenvalue weighted by atomic mass is 10.0. The number of aryl methyl sites for hydroxylation is 1. The monoisotopic (exact) mass is 770 g/mol. The number of benzene rings is 2. The first-order chi connectivity index (χ1) is 26.2. The second kappa shape index (κ2) is 15.6. The highest BCUT2D eigenvalue weighted by atomic mass is 32.2. The largest absolute Gasteiger partial charge is 0.384 e. The van der Waals surface area contributed by atoms with Gasteiger partial charge in [-0.3, -0.25) is 48.1 Å². The van der Waals surface area contributed by atoms with E-state index in [1.165, 1.54) is 14.1 Å². The topological polar surface area (TPSA) is 221 Å². The second-order valence-electron chi connectivity index (χ2n) is 13.3. The molecule has 1 unspecified atom stereocenters. The maximum absolute atomic E-state index is 13.3. The van der Waals surface area contributed by atoms with E-state index in [0.717, 1.165) is 44.1 Å². The van der Waals surface area contributed by atoms with Crippen LogP contribution in [0.25, 0.3) is 11.2 Å². The number of unbranched alkanes of at least 4 members (excludes halogenated alkanes) is 3. The number of imidazole rings is 1. The normalized spacial score (nSPS) is 15.5. The van der Waals surface area contributed by atoms with Gasteiger partial charge in [-0.25, -0.2) is 13.2 Å². The maximum atomic E-state index is 13.3. The summed E-state index contributed by atoms with van der Waals surface area (Å²) in [6.45, 7) is 0.339. The van der Waals surface area contributed by atoms with Crippen LogP contribution in [0.2, 0.25) is 0 Å². The molecule has 5 amide bonds. The number of amides is 5. The van der Waals surface area contributed by atoms with E-state index in [0.29, 0.717) is 29.9 Å². The quantitative estimate of drug-likeness (QED) is 0.106. The van der Waals surface area contributed by atoms with Crippen molar-refractivity contribution < 1.29 is 32.4 Å². The molecule has 1 atom stereocenters. The average molecular weight is 771 g/mol. The standard InChI is InChI=1S/C37H38N8O9S/c1-42-30-31(41-36(42)55(3,53)54)44(37(52)43(2)35(30)51)20-10-12-22-11-8-13-23(21-22)39-27(46)16-6-4-5-7-19-38-25-15-9-14-24-29(25)34(50)45(33(24)49)26-17-18-28(47)40-32(26)48/h8-9,11,13-15,21,26,38H,4-7,16-20H2,1-3H3,(H,39,46)(H,40,47,48). The van der Waals surface area contributed by atoms with Crippen molar-refractivity contribution in [2.75, 3.05) is 23.4 Å². The van der Waals surface area contributed by atoms with Gasteiger partial charge in [0.1, 0.15) is 6.04 Å². The van der Waals surface area contributed by atoms with Crippen molar-refractivity contribution in [1.82, 2.24) is 28.9 Å². The zero-order valence-corrected chi connectivity index (χ0v) is 31.1. The van der Waals surface area contributed by atoms with Crippen molar-refractivity contribution in [3.05, 3.63) is 80.0 Å². The molecule has 2 aromatic carbocycles. The van der Waals surface area contributed by atoms with E-state index in [-0.39, 0.29) is 59.2 Å². The zero-order chi connectivity index (χ0) is 39.6. The molecule has 4 heterocycles. The van der Waals surface area contributed by atoms with Crippen molar-refractivity contribution >= 4 is 61.9 Å². The minimum Gasteiger partial charge on any atom is -0.384 e. The summed E-state index contributed by atoms with van der Waals surface area (Å²) in [4.78, 5) is 93.6. The molecule has 2 aliphatic rings. The van der Waals surface area contributed by atoms with Crippen LogP contribution >= 0.6 is 0 Å². The fraction of sp³-hybridized carbons (Fsp3) is 0.351. The Morgan fingerprint density at radius 2 is 1.71 bits per heavy atom. The van der Waals surface area contributed by atoms with E-state index in [9.17, 15) is 42.0 Å². The number of piperidine rings is 1. The minimum atomic E-state index is -3.78. The van der Waals surface area contributed by atoms with E-state index in [1.54, 1.807) is 42.5 Å². The van der Waals surface area contributed by atoms with Crippen molar-refractivity contribution in [2.45, 2.75) is 62.7 Å². The Bertz CT molecular complexity index is 2580. The first kappa shape index (κ1) is 38.4. The van der Waals surface area contributed by atoms with Gasteiger partial charge < -0.3 is 15.2 Å². The van der Waals surface area contributed by atoms with Gasteiger partial charge in [0, 0.05) is 56.7 Å². The van der Waals surface area contributed by atoms with E-state index >= 15 is 0 Å². The fourth-order valence-corrected chi connectivity index (χ4v) is 7.49. The summed E-state index contributed by atoms with van der Waals surface area (Å²) in [6.07, 6.45) is 4.32. The third-order valence-electron chi connectivity index (χ3n) is 9.38. The SMILES string of the molecule is Cn1c(=O)c2c(nc(S(C)(=O)=O)n2C)n(CC#Cc2cccc(NC(=O)CCCCCCNc3cccc4c3C(=O)N(C3CCC(=O)NC3=O)C4=O)c2)c1=O. The molecule has 0 radical (unpaired) electrons. The Hall–Kier alpha value is -6.35.